The Kier molecular flexibility index (Phi) is 7.98. The first-order chi connectivity index (χ1) is 15.1. The highest BCUT2D eigenvalue weighted by Crippen LogP contribution is 2.33. The molecular formula is C23H20ClFN2O4. The summed E-state index contributed by atoms with van der Waals surface area (Å²) in [7, 11) is 1.56. The van der Waals surface area contributed by atoms with Crippen molar-refractivity contribution < 1.29 is 23.4 Å². The number of methoxy groups -OCH3 is 1. The van der Waals surface area contributed by atoms with Crippen LogP contribution in [0.3, 0.4) is 0 Å². The Morgan fingerprint density at radius 1 is 1.19 bits per heavy atom. The topological polar surface area (TPSA) is 69.7 Å². The van der Waals surface area contributed by atoms with Gasteiger partial charge in [0.15, 0.2) is 17.3 Å². The fourth-order valence-electron chi connectivity index (χ4n) is 2.57. The maximum atomic E-state index is 14.3. The summed E-state index contributed by atoms with van der Waals surface area (Å²) in [6.45, 7) is 0.663. The second kappa shape index (κ2) is 11.1. The van der Waals surface area contributed by atoms with E-state index in [4.69, 9.17) is 25.8 Å². The number of hydrogen-bond donors (Lipinski definition) is 1. The molecule has 3 rings (SSSR count). The van der Waals surface area contributed by atoms with Crippen molar-refractivity contribution in [2.45, 2.75) is 0 Å². The minimum absolute atomic E-state index is 0.0615. The number of ether oxygens (including phenoxy) is 3. The van der Waals surface area contributed by atoms with Gasteiger partial charge < -0.3 is 19.5 Å². The SMILES string of the molecule is COCCOc1c(Cl)cccc1NC(=O)/C=C/c1ccc(Oc2cccnc2)c(F)c1. The summed E-state index contributed by atoms with van der Waals surface area (Å²) in [5.41, 5.74) is 0.915. The maximum Gasteiger partial charge on any atom is 0.248 e. The number of carbonyl (C=O) groups excluding carboxylic acids is 1. The third-order valence-corrected chi connectivity index (χ3v) is 4.30. The summed E-state index contributed by atoms with van der Waals surface area (Å²) in [6, 6.07) is 12.8. The summed E-state index contributed by atoms with van der Waals surface area (Å²) in [4.78, 5) is 16.2. The number of amides is 1. The monoisotopic (exact) mass is 442 g/mol. The zero-order chi connectivity index (χ0) is 22.1. The van der Waals surface area contributed by atoms with E-state index in [2.05, 4.69) is 10.3 Å². The van der Waals surface area contributed by atoms with Gasteiger partial charge in [-0.05, 0) is 48.0 Å². The number of carbonyl (C=O) groups is 1. The molecule has 160 valence electrons. The molecular weight excluding hydrogens is 423 g/mol. The Morgan fingerprint density at radius 3 is 2.81 bits per heavy atom. The highest BCUT2D eigenvalue weighted by Gasteiger charge is 2.11. The van der Waals surface area contributed by atoms with Gasteiger partial charge in [-0.2, -0.15) is 0 Å². The van der Waals surface area contributed by atoms with Crippen molar-refractivity contribution in [3.8, 4) is 17.2 Å². The molecule has 0 aliphatic carbocycles. The van der Waals surface area contributed by atoms with Crippen molar-refractivity contribution in [1.29, 1.82) is 0 Å². The van der Waals surface area contributed by atoms with Gasteiger partial charge in [-0.25, -0.2) is 4.39 Å². The van der Waals surface area contributed by atoms with Gasteiger partial charge in [0.05, 0.1) is 23.5 Å². The van der Waals surface area contributed by atoms with Crippen LogP contribution in [0.4, 0.5) is 10.1 Å². The van der Waals surface area contributed by atoms with Crippen LogP contribution in [-0.4, -0.2) is 31.2 Å². The molecule has 3 aromatic rings. The van der Waals surface area contributed by atoms with Crippen LogP contribution in [0.15, 0.2) is 67.0 Å². The molecule has 1 aromatic heterocycles. The molecule has 31 heavy (non-hydrogen) atoms. The highest BCUT2D eigenvalue weighted by atomic mass is 35.5. The van der Waals surface area contributed by atoms with Gasteiger partial charge in [0, 0.05) is 19.4 Å². The summed E-state index contributed by atoms with van der Waals surface area (Å²) < 4.78 is 30.3. The van der Waals surface area contributed by atoms with E-state index in [0.29, 0.717) is 34.4 Å². The van der Waals surface area contributed by atoms with Crippen LogP contribution in [-0.2, 0) is 9.53 Å². The van der Waals surface area contributed by atoms with E-state index < -0.39 is 11.7 Å². The molecule has 1 N–H and O–H groups in total. The average Bonchev–Trinajstić information content (AvgIpc) is 2.77. The molecule has 0 saturated carbocycles. The number of para-hydroxylation sites is 1. The molecule has 0 radical (unpaired) electrons. The first kappa shape index (κ1) is 22.3. The number of anilines is 1. The quantitative estimate of drug-likeness (QED) is 0.357. The molecule has 0 aliphatic rings. The first-order valence-electron chi connectivity index (χ1n) is 9.33. The molecule has 0 atom stereocenters. The third kappa shape index (κ3) is 6.53. The molecule has 0 aliphatic heterocycles. The molecule has 0 spiro atoms. The molecule has 0 saturated heterocycles. The fourth-order valence-corrected chi connectivity index (χ4v) is 2.79. The normalized spacial score (nSPS) is 10.8. The Bertz CT molecular complexity index is 1060. The number of benzene rings is 2. The number of nitrogens with one attached hydrogen (secondary N) is 1. The molecule has 0 unspecified atom stereocenters. The van der Waals surface area contributed by atoms with Crippen molar-refractivity contribution >= 4 is 29.3 Å². The smallest absolute Gasteiger partial charge is 0.248 e. The minimum Gasteiger partial charge on any atom is -0.487 e. The second-order valence-corrected chi connectivity index (χ2v) is 6.67. The maximum absolute atomic E-state index is 14.3. The van der Waals surface area contributed by atoms with Crippen LogP contribution in [0, 0.1) is 5.82 Å². The summed E-state index contributed by atoms with van der Waals surface area (Å²) in [5.74, 6) is -0.142. The number of halogens is 2. The van der Waals surface area contributed by atoms with Gasteiger partial charge in [-0.1, -0.05) is 23.7 Å². The van der Waals surface area contributed by atoms with Crippen LogP contribution in [0.25, 0.3) is 6.08 Å². The minimum atomic E-state index is -0.560. The van der Waals surface area contributed by atoms with Gasteiger partial charge in [-0.15, -0.1) is 0 Å². The number of nitrogens with zero attached hydrogens (tertiary/aromatic N) is 1. The standard InChI is InChI=1S/C23H20ClFN2O4/c1-29-12-13-30-23-18(24)5-2-6-20(23)27-22(28)10-8-16-7-9-21(19(25)14-16)31-17-4-3-11-26-15-17/h2-11,14-15H,12-13H2,1H3,(H,27,28)/b10-8+. The predicted octanol–water partition coefficient (Wildman–Crippen LogP) is 5.34. The van der Waals surface area contributed by atoms with E-state index >= 15 is 0 Å². The van der Waals surface area contributed by atoms with Gasteiger partial charge in [0.25, 0.3) is 0 Å². The average molecular weight is 443 g/mol. The van der Waals surface area contributed by atoms with Crippen LogP contribution < -0.4 is 14.8 Å². The van der Waals surface area contributed by atoms with E-state index in [0.717, 1.165) is 0 Å². The van der Waals surface area contributed by atoms with E-state index in [9.17, 15) is 9.18 Å². The zero-order valence-corrected chi connectivity index (χ0v) is 17.4. The first-order valence-corrected chi connectivity index (χ1v) is 9.71. The molecule has 0 fully saturated rings. The Balaban J connectivity index is 1.65. The lowest BCUT2D eigenvalue weighted by Crippen LogP contribution is -2.11. The lowest BCUT2D eigenvalue weighted by atomic mass is 10.2. The molecule has 1 heterocycles. The Labute approximate surface area is 184 Å². The fraction of sp³-hybridized carbons (Fsp3) is 0.130. The van der Waals surface area contributed by atoms with Gasteiger partial charge in [0.1, 0.15) is 12.4 Å². The highest BCUT2D eigenvalue weighted by molar-refractivity contribution is 6.32. The van der Waals surface area contributed by atoms with Crippen LogP contribution in [0.2, 0.25) is 5.02 Å². The molecule has 8 heteroatoms. The lowest BCUT2D eigenvalue weighted by molar-refractivity contribution is -0.111. The number of rotatable bonds is 9. The number of hydrogen-bond acceptors (Lipinski definition) is 5. The van der Waals surface area contributed by atoms with E-state index in [-0.39, 0.29) is 12.4 Å². The van der Waals surface area contributed by atoms with Crippen molar-refractivity contribution in [2.75, 3.05) is 25.6 Å². The Morgan fingerprint density at radius 2 is 2.06 bits per heavy atom. The number of pyridine rings is 1. The largest absolute Gasteiger partial charge is 0.487 e. The van der Waals surface area contributed by atoms with Crippen molar-refractivity contribution in [1.82, 2.24) is 4.98 Å². The van der Waals surface area contributed by atoms with Crippen LogP contribution >= 0.6 is 11.6 Å². The predicted molar refractivity (Wildman–Crippen MR) is 117 cm³/mol. The Hall–Kier alpha value is -3.42. The van der Waals surface area contributed by atoms with Crippen molar-refractivity contribution in [3.63, 3.8) is 0 Å². The van der Waals surface area contributed by atoms with Crippen LogP contribution in [0.5, 0.6) is 17.2 Å². The van der Waals surface area contributed by atoms with Gasteiger partial charge >= 0.3 is 0 Å². The summed E-state index contributed by atoms with van der Waals surface area (Å²) >= 11 is 6.16. The molecule has 1 amide bonds. The van der Waals surface area contributed by atoms with E-state index in [1.807, 2.05) is 0 Å². The summed E-state index contributed by atoms with van der Waals surface area (Å²) in [6.07, 6.45) is 5.86. The van der Waals surface area contributed by atoms with E-state index in [1.54, 1.807) is 49.7 Å². The van der Waals surface area contributed by atoms with E-state index in [1.165, 1.54) is 30.5 Å². The second-order valence-electron chi connectivity index (χ2n) is 6.26. The van der Waals surface area contributed by atoms with Crippen molar-refractivity contribution in [3.05, 3.63) is 83.4 Å². The van der Waals surface area contributed by atoms with Gasteiger partial charge in [-0.3, -0.25) is 9.78 Å². The van der Waals surface area contributed by atoms with Gasteiger partial charge in [0.2, 0.25) is 5.91 Å². The van der Waals surface area contributed by atoms with Crippen molar-refractivity contribution in [2.24, 2.45) is 0 Å². The zero-order valence-electron chi connectivity index (χ0n) is 16.7. The van der Waals surface area contributed by atoms with Crippen LogP contribution in [0.1, 0.15) is 5.56 Å². The summed E-state index contributed by atoms with van der Waals surface area (Å²) in [5, 5.41) is 3.07. The molecule has 6 nitrogen and oxygen atoms in total. The molecule has 0 bridgehead atoms. The third-order valence-electron chi connectivity index (χ3n) is 4.00. The molecule has 2 aromatic carbocycles. The lowest BCUT2D eigenvalue weighted by Gasteiger charge is -2.13. The number of aromatic nitrogens is 1.